The monoisotopic (exact) mass is 447 g/mol. The molecule has 2 atom stereocenters. The van der Waals surface area contributed by atoms with Crippen LogP contribution in [-0.4, -0.2) is 33.8 Å². The van der Waals surface area contributed by atoms with Gasteiger partial charge in [0.2, 0.25) is 5.91 Å². The maximum atomic E-state index is 15.0. The van der Waals surface area contributed by atoms with Crippen molar-refractivity contribution in [1.29, 1.82) is 0 Å². The minimum atomic E-state index is -1.06. The van der Waals surface area contributed by atoms with Crippen LogP contribution in [0.25, 0.3) is 32.2 Å². The molecule has 0 aliphatic heterocycles. The molecule has 2 heterocycles. The number of aromatic nitrogens is 3. The van der Waals surface area contributed by atoms with E-state index in [2.05, 4.69) is 25.8 Å². The number of nitrogens with one attached hydrogen (secondary N) is 3. The molecule has 0 unspecified atom stereocenters. The van der Waals surface area contributed by atoms with Gasteiger partial charge in [-0.2, -0.15) is 5.10 Å². The van der Waals surface area contributed by atoms with E-state index in [0.29, 0.717) is 39.2 Å². The lowest BCUT2D eigenvalue weighted by Crippen LogP contribution is -2.14. The summed E-state index contributed by atoms with van der Waals surface area (Å²) in [6.07, 6.45) is 0.808. The van der Waals surface area contributed by atoms with E-state index in [1.54, 1.807) is 18.3 Å². The third-order valence-corrected chi connectivity index (χ3v) is 6.39. The van der Waals surface area contributed by atoms with Crippen molar-refractivity contribution in [3.05, 3.63) is 35.2 Å². The highest BCUT2D eigenvalue weighted by Crippen LogP contribution is 2.43. The third kappa shape index (κ3) is 3.09. The van der Waals surface area contributed by atoms with Gasteiger partial charge in [-0.25, -0.2) is 13.8 Å². The summed E-state index contributed by atoms with van der Waals surface area (Å²) in [5.41, 5.74) is 2.73. The average molecular weight is 448 g/mol. The van der Waals surface area contributed by atoms with Crippen LogP contribution in [-0.2, 0) is 4.79 Å². The Hall–Kier alpha value is -2.78. The number of amides is 1. The third-order valence-electron chi connectivity index (χ3n) is 5.10. The first-order valence-electron chi connectivity index (χ1n) is 9.41. The molecule has 1 amide bonds. The van der Waals surface area contributed by atoms with Crippen LogP contribution in [0, 0.1) is 11.7 Å². The van der Waals surface area contributed by atoms with Crippen LogP contribution in [0.1, 0.15) is 13.3 Å². The van der Waals surface area contributed by atoms with Crippen molar-refractivity contribution in [3.8, 4) is 11.1 Å². The summed E-state index contributed by atoms with van der Waals surface area (Å²) in [7, 11) is 0. The van der Waals surface area contributed by atoms with Crippen LogP contribution in [0.2, 0.25) is 5.02 Å². The second-order valence-corrected chi connectivity index (χ2v) is 8.52. The van der Waals surface area contributed by atoms with E-state index in [1.165, 1.54) is 11.3 Å². The van der Waals surface area contributed by atoms with Crippen molar-refractivity contribution in [2.45, 2.75) is 19.5 Å². The number of hydrogen-bond acceptors (Lipinski definition) is 5. The second-order valence-electron chi connectivity index (χ2n) is 7.12. The molecule has 3 N–H and O–H groups in total. The van der Waals surface area contributed by atoms with Crippen LogP contribution in [0.3, 0.4) is 0 Å². The molecule has 1 aliphatic carbocycles. The molecule has 30 heavy (non-hydrogen) atoms. The van der Waals surface area contributed by atoms with Crippen molar-refractivity contribution in [2.24, 2.45) is 5.92 Å². The molecule has 0 radical (unpaired) electrons. The summed E-state index contributed by atoms with van der Waals surface area (Å²) in [6.45, 7) is 2.40. The molecule has 0 spiro atoms. The number of rotatable bonds is 5. The van der Waals surface area contributed by atoms with Crippen LogP contribution in [0.5, 0.6) is 0 Å². The Morgan fingerprint density at radius 1 is 1.43 bits per heavy atom. The lowest BCUT2D eigenvalue weighted by Gasteiger charge is -2.13. The molecule has 6 nitrogen and oxygen atoms in total. The van der Waals surface area contributed by atoms with Crippen molar-refractivity contribution in [2.75, 3.05) is 17.2 Å². The van der Waals surface area contributed by atoms with Crippen LogP contribution in [0.15, 0.2) is 24.4 Å². The minimum Gasteiger partial charge on any atom is -0.381 e. The van der Waals surface area contributed by atoms with Gasteiger partial charge in [0.05, 0.1) is 38.6 Å². The molecule has 0 saturated heterocycles. The highest BCUT2D eigenvalue weighted by Gasteiger charge is 2.43. The Morgan fingerprint density at radius 3 is 2.97 bits per heavy atom. The van der Waals surface area contributed by atoms with Crippen molar-refractivity contribution in [3.63, 3.8) is 0 Å². The summed E-state index contributed by atoms with van der Waals surface area (Å²) in [5, 5.41) is 13.6. The summed E-state index contributed by atoms with van der Waals surface area (Å²) in [5.74, 6) is -1.49. The fourth-order valence-corrected chi connectivity index (χ4v) is 4.72. The van der Waals surface area contributed by atoms with Crippen LogP contribution in [0.4, 0.5) is 19.6 Å². The lowest BCUT2D eigenvalue weighted by molar-refractivity contribution is -0.117. The molecule has 154 valence electrons. The SMILES string of the molecule is CCNc1c(F)c(Cl)c(-c2ccc3nc(NC(=O)[C@@H]4C[C@@H]4F)sc3c2)c2cn[nH]c12. The Labute approximate surface area is 178 Å². The zero-order valence-corrected chi connectivity index (χ0v) is 17.3. The van der Waals surface area contributed by atoms with Gasteiger partial charge in [-0.3, -0.25) is 9.89 Å². The van der Waals surface area contributed by atoms with Gasteiger partial charge in [0.1, 0.15) is 6.17 Å². The van der Waals surface area contributed by atoms with Gasteiger partial charge >= 0.3 is 0 Å². The van der Waals surface area contributed by atoms with Crippen LogP contribution >= 0.6 is 22.9 Å². The number of carbonyl (C=O) groups excluding carboxylic acids is 1. The molecule has 2 aromatic heterocycles. The molecule has 2 aromatic carbocycles. The van der Waals surface area contributed by atoms with Gasteiger partial charge in [-0.1, -0.05) is 29.0 Å². The molecule has 1 fully saturated rings. The standard InChI is InChI=1S/C20H16ClF2N5OS/c1-2-24-18-16(23)15(21)14(10-7-25-28-17(10)18)8-3-4-12-13(5-8)30-20(26-12)27-19(29)9-6-11(9)22/h3-5,7,9,11,24H,2,6H2,1H3,(H,25,28)(H,26,27,29)/t9-,11+/m1/s1. The Kier molecular flexibility index (Phi) is 4.59. The van der Waals surface area contributed by atoms with Crippen molar-refractivity contribution in [1.82, 2.24) is 15.2 Å². The number of carbonyl (C=O) groups is 1. The van der Waals surface area contributed by atoms with Crippen molar-refractivity contribution >= 4 is 60.8 Å². The molecule has 10 heteroatoms. The van der Waals surface area contributed by atoms with Crippen LogP contribution < -0.4 is 10.6 Å². The Morgan fingerprint density at radius 2 is 2.23 bits per heavy atom. The predicted molar refractivity (Wildman–Crippen MR) is 115 cm³/mol. The highest BCUT2D eigenvalue weighted by molar-refractivity contribution is 7.22. The first-order valence-corrected chi connectivity index (χ1v) is 10.6. The number of fused-ring (bicyclic) bond motifs is 2. The lowest BCUT2D eigenvalue weighted by atomic mass is 10.00. The zero-order chi connectivity index (χ0) is 21.0. The van der Waals surface area contributed by atoms with E-state index in [9.17, 15) is 13.6 Å². The minimum absolute atomic E-state index is 0.0000347. The number of aromatic amines is 1. The molecule has 1 saturated carbocycles. The summed E-state index contributed by atoms with van der Waals surface area (Å²) in [6, 6.07) is 5.42. The predicted octanol–water partition coefficient (Wildman–Crippen LogP) is 5.36. The topological polar surface area (TPSA) is 82.7 Å². The highest BCUT2D eigenvalue weighted by atomic mass is 35.5. The first-order chi connectivity index (χ1) is 14.5. The molecule has 0 bridgehead atoms. The molecule has 4 aromatic rings. The van der Waals surface area contributed by atoms with Crippen molar-refractivity contribution < 1.29 is 13.6 Å². The fourth-order valence-electron chi connectivity index (χ4n) is 3.51. The largest absolute Gasteiger partial charge is 0.381 e. The fraction of sp³-hybridized carbons (Fsp3) is 0.250. The maximum absolute atomic E-state index is 15.0. The van der Waals surface area contributed by atoms with Gasteiger partial charge in [0, 0.05) is 17.5 Å². The van der Waals surface area contributed by atoms with E-state index < -0.39 is 17.9 Å². The number of anilines is 2. The first kappa shape index (κ1) is 19.2. The van der Waals surface area contributed by atoms with Gasteiger partial charge < -0.3 is 10.6 Å². The molecular formula is C20H16ClF2N5OS. The molecule has 1 aliphatic rings. The van der Waals surface area contributed by atoms with Gasteiger partial charge in [0.15, 0.2) is 10.9 Å². The van der Waals surface area contributed by atoms with Gasteiger partial charge in [-0.15, -0.1) is 0 Å². The van der Waals surface area contributed by atoms with E-state index in [-0.39, 0.29) is 23.0 Å². The summed E-state index contributed by atoms with van der Waals surface area (Å²) < 4.78 is 28.9. The summed E-state index contributed by atoms with van der Waals surface area (Å²) >= 11 is 7.70. The number of halogens is 3. The number of H-pyrrole nitrogens is 1. The Bertz CT molecular complexity index is 1300. The average Bonchev–Trinajstić information content (AvgIpc) is 3.11. The number of nitrogens with zero attached hydrogens (tertiary/aromatic N) is 2. The zero-order valence-electron chi connectivity index (χ0n) is 15.7. The van der Waals surface area contributed by atoms with E-state index in [4.69, 9.17) is 11.6 Å². The second kappa shape index (κ2) is 7.17. The smallest absolute Gasteiger partial charge is 0.232 e. The quantitative estimate of drug-likeness (QED) is 0.384. The Balaban J connectivity index is 1.57. The number of alkyl halides is 1. The van der Waals surface area contributed by atoms with Gasteiger partial charge in [-0.05, 0) is 31.0 Å². The van der Waals surface area contributed by atoms with E-state index in [1.807, 2.05) is 13.0 Å². The normalized spacial score (nSPS) is 18.1. The molecular weight excluding hydrogens is 432 g/mol. The van der Waals surface area contributed by atoms with E-state index in [0.717, 1.165) is 4.70 Å². The van der Waals surface area contributed by atoms with Gasteiger partial charge in [0.25, 0.3) is 0 Å². The maximum Gasteiger partial charge on any atom is 0.232 e. The molecule has 5 rings (SSSR count). The van der Waals surface area contributed by atoms with E-state index >= 15 is 0 Å². The number of hydrogen-bond donors (Lipinski definition) is 3. The summed E-state index contributed by atoms with van der Waals surface area (Å²) in [4.78, 5) is 16.4. The number of benzene rings is 2. The number of thiazole rings is 1.